The zero-order chi connectivity index (χ0) is 20.8. The summed E-state index contributed by atoms with van der Waals surface area (Å²) in [5.74, 6) is -0.0532. The number of likely N-dealkylation sites (tertiary alicyclic amines) is 1. The van der Waals surface area contributed by atoms with Gasteiger partial charge in [-0.2, -0.15) is 0 Å². The van der Waals surface area contributed by atoms with Gasteiger partial charge < -0.3 is 10.1 Å². The van der Waals surface area contributed by atoms with Crippen molar-refractivity contribution in [2.75, 3.05) is 32.8 Å². The summed E-state index contributed by atoms with van der Waals surface area (Å²) in [7, 11) is 0. The van der Waals surface area contributed by atoms with Gasteiger partial charge >= 0.3 is 0 Å². The van der Waals surface area contributed by atoms with Crippen LogP contribution in [0.4, 0.5) is 4.39 Å². The van der Waals surface area contributed by atoms with E-state index in [1.54, 1.807) is 0 Å². The lowest BCUT2D eigenvalue weighted by atomic mass is 9.74. The van der Waals surface area contributed by atoms with Crippen LogP contribution in [-0.4, -0.2) is 43.7 Å². The lowest BCUT2D eigenvalue weighted by molar-refractivity contribution is -0.127. The van der Waals surface area contributed by atoms with Gasteiger partial charge in [-0.25, -0.2) is 4.39 Å². The fourth-order valence-electron chi connectivity index (χ4n) is 4.78. The van der Waals surface area contributed by atoms with E-state index in [-0.39, 0.29) is 23.1 Å². The van der Waals surface area contributed by atoms with Crippen molar-refractivity contribution in [2.45, 2.75) is 37.6 Å². The number of hydrogen-bond donors (Lipinski definition) is 1. The number of rotatable bonds is 6. The maximum Gasteiger partial charge on any atom is 0.224 e. The topological polar surface area (TPSA) is 41.6 Å². The van der Waals surface area contributed by atoms with Crippen molar-refractivity contribution in [3.05, 3.63) is 71.5 Å². The molecule has 4 nitrogen and oxygen atoms in total. The van der Waals surface area contributed by atoms with Crippen LogP contribution < -0.4 is 5.32 Å². The lowest BCUT2D eigenvalue weighted by Crippen LogP contribution is -2.48. The number of carbonyl (C=O) groups is 1. The van der Waals surface area contributed by atoms with Crippen molar-refractivity contribution >= 4 is 5.91 Å². The molecule has 1 amide bonds. The van der Waals surface area contributed by atoms with Gasteiger partial charge in [-0.15, -0.1) is 0 Å². The molecule has 1 N–H and O–H groups in total. The van der Waals surface area contributed by atoms with Crippen LogP contribution in [-0.2, 0) is 21.5 Å². The average Bonchev–Trinajstić information content (AvgIpc) is 2.80. The van der Waals surface area contributed by atoms with Crippen LogP contribution in [0, 0.1) is 11.7 Å². The molecule has 0 spiro atoms. The van der Waals surface area contributed by atoms with Crippen molar-refractivity contribution in [1.29, 1.82) is 0 Å². The maximum absolute atomic E-state index is 13.2. The third-order valence-corrected chi connectivity index (χ3v) is 6.63. The van der Waals surface area contributed by atoms with E-state index in [4.69, 9.17) is 4.74 Å². The third-order valence-electron chi connectivity index (χ3n) is 6.63. The predicted octanol–water partition coefficient (Wildman–Crippen LogP) is 3.90. The summed E-state index contributed by atoms with van der Waals surface area (Å²) in [5, 5.41) is 3.28. The molecule has 0 bridgehead atoms. The van der Waals surface area contributed by atoms with Crippen LogP contribution in [0.1, 0.15) is 36.8 Å². The summed E-state index contributed by atoms with van der Waals surface area (Å²) in [6.07, 6.45) is 3.79. The molecule has 0 radical (unpaired) electrons. The van der Waals surface area contributed by atoms with Crippen LogP contribution in [0.5, 0.6) is 0 Å². The van der Waals surface area contributed by atoms with E-state index in [1.807, 2.05) is 18.2 Å². The number of nitrogens with one attached hydrogen (secondary N) is 1. The van der Waals surface area contributed by atoms with E-state index in [2.05, 4.69) is 34.5 Å². The highest BCUT2D eigenvalue weighted by Gasteiger charge is 2.35. The summed E-state index contributed by atoms with van der Waals surface area (Å²) < 4.78 is 18.8. The highest BCUT2D eigenvalue weighted by atomic mass is 19.1. The number of nitrogens with zero attached hydrogens (tertiary/aromatic N) is 1. The predicted molar refractivity (Wildman–Crippen MR) is 116 cm³/mol. The van der Waals surface area contributed by atoms with Gasteiger partial charge in [0.05, 0.1) is 5.92 Å². The number of carbonyl (C=O) groups excluding carboxylic acids is 1. The van der Waals surface area contributed by atoms with Crippen molar-refractivity contribution in [3.8, 4) is 0 Å². The van der Waals surface area contributed by atoms with Crippen LogP contribution in [0.25, 0.3) is 0 Å². The number of benzene rings is 2. The minimum absolute atomic E-state index is 0.00635. The zero-order valence-electron chi connectivity index (χ0n) is 17.5. The Labute approximate surface area is 178 Å². The van der Waals surface area contributed by atoms with Crippen molar-refractivity contribution in [2.24, 2.45) is 5.92 Å². The molecule has 2 aromatic rings. The Kier molecular flexibility index (Phi) is 6.80. The molecular weight excluding hydrogens is 379 g/mol. The number of halogens is 1. The Hall–Kier alpha value is -2.24. The van der Waals surface area contributed by atoms with Gasteiger partial charge in [-0.05, 0) is 55.5 Å². The molecule has 0 saturated carbocycles. The molecule has 2 aliphatic rings. The Balaban J connectivity index is 1.36. The Morgan fingerprint density at radius 3 is 2.57 bits per heavy atom. The lowest BCUT2D eigenvalue weighted by Gasteiger charge is -2.39. The Bertz CT molecular complexity index is 819. The van der Waals surface area contributed by atoms with Gasteiger partial charge in [0.2, 0.25) is 5.91 Å². The minimum atomic E-state index is -0.213. The van der Waals surface area contributed by atoms with Crippen molar-refractivity contribution in [1.82, 2.24) is 10.2 Å². The third kappa shape index (κ3) is 5.08. The Morgan fingerprint density at radius 1 is 1.10 bits per heavy atom. The second-order valence-electron chi connectivity index (χ2n) is 8.68. The van der Waals surface area contributed by atoms with Gasteiger partial charge in [0.15, 0.2) is 0 Å². The highest BCUT2D eigenvalue weighted by Crippen LogP contribution is 2.34. The van der Waals surface area contributed by atoms with Crippen molar-refractivity contribution in [3.63, 3.8) is 0 Å². The highest BCUT2D eigenvalue weighted by molar-refractivity contribution is 5.79. The normalized spacial score (nSPS) is 21.8. The quantitative estimate of drug-likeness (QED) is 0.785. The second-order valence-corrected chi connectivity index (χ2v) is 8.68. The maximum atomic E-state index is 13.2. The van der Waals surface area contributed by atoms with Gasteiger partial charge in [0, 0.05) is 38.3 Å². The number of piperidine rings is 1. The van der Waals surface area contributed by atoms with E-state index in [0.29, 0.717) is 6.54 Å². The second kappa shape index (κ2) is 9.71. The molecule has 160 valence electrons. The van der Waals surface area contributed by atoms with E-state index < -0.39 is 0 Å². The first-order chi connectivity index (χ1) is 14.6. The molecule has 2 fully saturated rings. The fraction of sp³-hybridized carbons (Fsp3) is 0.480. The molecule has 2 saturated heterocycles. The first-order valence-electron chi connectivity index (χ1n) is 11.0. The molecule has 1 atom stereocenters. The summed E-state index contributed by atoms with van der Waals surface area (Å²) in [6, 6.07) is 17.2. The van der Waals surface area contributed by atoms with Crippen LogP contribution in [0.2, 0.25) is 0 Å². The summed E-state index contributed by atoms with van der Waals surface area (Å²) in [5.41, 5.74) is 2.33. The smallest absolute Gasteiger partial charge is 0.224 e. The van der Waals surface area contributed by atoms with E-state index in [1.165, 1.54) is 17.7 Å². The number of amides is 1. The molecule has 2 aliphatic heterocycles. The molecule has 2 aromatic carbocycles. The summed E-state index contributed by atoms with van der Waals surface area (Å²) in [6.45, 7) is 4.62. The Morgan fingerprint density at radius 2 is 1.83 bits per heavy atom. The number of hydrogen-bond acceptors (Lipinski definition) is 3. The molecule has 1 unspecified atom stereocenters. The van der Waals surface area contributed by atoms with Crippen molar-refractivity contribution < 1.29 is 13.9 Å². The van der Waals surface area contributed by atoms with Gasteiger partial charge in [-0.3, -0.25) is 9.69 Å². The minimum Gasteiger partial charge on any atom is -0.381 e. The monoisotopic (exact) mass is 410 g/mol. The van der Waals surface area contributed by atoms with E-state index in [0.717, 1.165) is 64.1 Å². The largest absolute Gasteiger partial charge is 0.381 e. The molecule has 0 aromatic heterocycles. The van der Waals surface area contributed by atoms with Gasteiger partial charge in [0.1, 0.15) is 5.82 Å². The van der Waals surface area contributed by atoms with Gasteiger partial charge in [-0.1, -0.05) is 42.5 Å². The summed E-state index contributed by atoms with van der Waals surface area (Å²) >= 11 is 0. The first kappa shape index (κ1) is 21.0. The molecule has 0 aliphatic carbocycles. The van der Waals surface area contributed by atoms with Crippen LogP contribution in [0.3, 0.4) is 0 Å². The zero-order valence-corrected chi connectivity index (χ0v) is 17.5. The van der Waals surface area contributed by atoms with Crippen LogP contribution >= 0.6 is 0 Å². The van der Waals surface area contributed by atoms with Crippen LogP contribution in [0.15, 0.2) is 54.6 Å². The molecule has 30 heavy (non-hydrogen) atoms. The summed E-state index contributed by atoms with van der Waals surface area (Å²) in [4.78, 5) is 15.3. The standard InChI is InChI=1S/C25H31FN2O2/c26-23-10-8-20(9-11-23)17-28-14-4-5-21(18-28)24(29)27-19-25(12-15-30-16-13-25)22-6-2-1-3-7-22/h1-3,6-11,21H,4-5,12-19H2,(H,27,29). The average molecular weight is 411 g/mol. The van der Waals surface area contributed by atoms with Gasteiger partial charge in [0.25, 0.3) is 0 Å². The molecular formula is C25H31FN2O2. The molecule has 5 heteroatoms. The molecule has 4 rings (SSSR count). The SMILES string of the molecule is O=C(NCC1(c2ccccc2)CCOCC1)C1CCCN(Cc2ccc(F)cc2)C1. The fourth-order valence-corrected chi connectivity index (χ4v) is 4.78. The number of ether oxygens (including phenoxy) is 1. The first-order valence-corrected chi connectivity index (χ1v) is 11.0. The van der Waals surface area contributed by atoms with E-state index >= 15 is 0 Å². The van der Waals surface area contributed by atoms with E-state index in [9.17, 15) is 9.18 Å². The molecule has 2 heterocycles.